The fraction of sp³-hybridized carbons (Fsp3) is 0.600. The first-order valence-electron chi connectivity index (χ1n) is 5.07. The van der Waals surface area contributed by atoms with Crippen molar-refractivity contribution < 1.29 is 9.90 Å². The second-order valence-electron chi connectivity index (χ2n) is 4.15. The SMILES string of the molecule is CC1CC1NCc1cc(C(=O)O)nn1C. The summed E-state index contributed by atoms with van der Waals surface area (Å²) in [7, 11) is 1.76. The number of carbonyl (C=O) groups is 1. The third-order valence-electron chi connectivity index (χ3n) is 2.85. The molecule has 0 aliphatic heterocycles. The molecule has 2 N–H and O–H groups in total. The fourth-order valence-corrected chi connectivity index (χ4v) is 1.62. The third kappa shape index (κ3) is 2.18. The number of hydrogen-bond acceptors (Lipinski definition) is 3. The van der Waals surface area contributed by atoms with Crippen molar-refractivity contribution in [3.63, 3.8) is 0 Å². The van der Waals surface area contributed by atoms with Gasteiger partial charge in [-0.25, -0.2) is 4.79 Å². The summed E-state index contributed by atoms with van der Waals surface area (Å²) in [6, 6.07) is 2.20. The number of carboxylic acid groups (broad SMARTS) is 1. The Morgan fingerprint density at radius 1 is 1.80 bits per heavy atom. The highest BCUT2D eigenvalue weighted by Crippen LogP contribution is 2.29. The summed E-state index contributed by atoms with van der Waals surface area (Å²) in [5.74, 6) is -0.228. The molecule has 1 fully saturated rings. The van der Waals surface area contributed by atoms with Crippen LogP contribution in [-0.2, 0) is 13.6 Å². The van der Waals surface area contributed by atoms with Crippen LogP contribution in [0.1, 0.15) is 29.5 Å². The Morgan fingerprint density at radius 3 is 2.93 bits per heavy atom. The molecule has 1 aliphatic rings. The second-order valence-corrected chi connectivity index (χ2v) is 4.15. The Kier molecular flexibility index (Phi) is 2.48. The molecular weight excluding hydrogens is 194 g/mol. The molecule has 5 heteroatoms. The minimum Gasteiger partial charge on any atom is -0.476 e. The Hall–Kier alpha value is -1.36. The molecule has 2 rings (SSSR count). The van der Waals surface area contributed by atoms with Crippen molar-refractivity contribution in [2.45, 2.75) is 25.9 Å². The number of nitrogens with zero attached hydrogens (tertiary/aromatic N) is 2. The fourth-order valence-electron chi connectivity index (χ4n) is 1.62. The van der Waals surface area contributed by atoms with Gasteiger partial charge in [-0.15, -0.1) is 0 Å². The summed E-state index contributed by atoms with van der Waals surface area (Å²) in [5, 5.41) is 16.0. The quantitative estimate of drug-likeness (QED) is 0.762. The molecule has 2 unspecified atom stereocenters. The number of aromatic carboxylic acids is 1. The number of aryl methyl sites for hydroxylation is 1. The second kappa shape index (κ2) is 3.66. The number of nitrogens with one attached hydrogen (secondary N) is 1. The molecule has 1 heterocycles. The van der Waals surface area contributed by atoms with Gasteiger partial charge in [0, 0.05) is 19.6 Å². The van der Waals surface area contributed by atoms with Crippen molar-refractivity contribution >= 4 is 5.97 Å². The molecular formula is C10H15N3O2. The summed E-state index contributed by atoms with van der Waals surface area (Å²) >= 11 is 0. The molecule has 1 aliphatic carbocycles. The zero-order valence-corrected chi connectivity index (χ0v) is 8.90. The maximum atomic E-state index is 10.7. The Morgan fingerprint density at radius 2 is 2.47 bits per heavy atom. The molecule has 1 saturated carbocycles. The van der Waals surface area contributed by atoms with Crippen LogP contribution in [0.25, 0.3) is 0 Å². The molecule has 0 bridgehead atoms. The number of carboxylic acids is 1. The van der Waals surface area contributed by atoms with Crippen LogP contribution >= 0.6 is 0 Å². The van der Waals surface area contributed by atoms with E-state index in [4.69, 9.17) is 5.11 Å². The highest BCUT2D eigenvalue weighted by Gasteiger charge is 2.31. The Bertz CT molecular complexity index is 386. The van der Waals surface area contributed by atoms with Gasteiger partial charge in [0.05, 0.1) is 5.69 Å². The molecule has 5 nitrogen and oxygen atoms in total. The van der Waals surface area contributed by atoms with Crippen LogP contribution < -0.4 is 5.32 Å². The van der Waals surface area contributed by atoms with E-state index in [1.807, 2.05) is 0 Å². The van der Waals surface area contributed by atoms with E-state index >= 15 is 0 Å². The first-order valence-corrected chi connectivity index (χ1v) is 5.07. The third-order valence-corrected chi connectivity index (χ3v) is 2.85. The van der Waals surface area contributed by atoms with Crippen LogP contribution in [0.2, 0.25) is 0 Å². The van der Waals surface area contributed by atoms with Crippen molar-refractivity contribution in [3.05, 3.63) is 17.5 Å². The normalized spacial score (nSPS) is 24.1. The minimum atomic E-state index is -0.975. The summed E-state index contributed by atoms with van der Waals surface area (Å²) in [6.07, 6.45) is 1.21. The smallest absolute Gasteiger partial charge is 0.356 e. The van der Waals surface area contributed by atoms with Gasteiger partial charge in [0.15, 0.2) is 5.69 Å². The van der Waals surface area contributed by atoms with Crippen LogP contribution in [0.15, 0.2) is 6.07 Å². The lowest BCUT2D eigenvalue weighted by Gasteiger charge is -2.02. The molecule has 0 aromatic carbocycles. The number of rotatable bonds is 4. The Labute approximate surface area is 88.1 Å². The van der Waals surface area contributed by atoms with Crippen molar-refractivity contribution in [2.24, 2.45) is 13.0 Å². The Balaban J connectivity index is 1.98. The molecule has 0 radical (unpaired) electrons. The standard InChI is InChI=1S/C10H15N3O2/c1-6-3-8(6)11-5-7-4-9(10(14)15)12-13(7)2/h4,6,8,11H,3,5H2,1-2H3,(H,14,15). The summed E-state index contributed by atoms with van der Waals surface area (Å²) < 4.78 is 1.61. The zero-order chi connectivity index (χ0) is 11.0. The van der Waals surface area contributed by atoms with E-state index < -0.39 is 5.97 Å². The average molecular weight is 209 g/mol. The molecule has 82 valence electrons. The van der Waals surface area contributed by atoms with Gasteiger partial charge < -0.3 is 10.4 Å². The van der Waals surface area contributed by atoms with E-state index in [2.05, 4.69) is 17.3 Å². The number of hydrogen-bond donors (Lipinski definition) is 2. The lowest BCUT2D eigenvalue weighted by atomic mass is 10.3. The predicted octanol–water partition coefficient (Wildman–Crippen LogP) is 0.616. The van der Waals surface area contributed by atoms with Gasteiger partial charge in [0.25, 0.3) is 0 Å². The van der Waals surface area contributed by atoms with Gasteiger partial charge in [-0.3, -0.25) is 4.68 Å². The molecule has 0 amide bonds. The van der Waals surface area contributed by atoms with Crippen LogP contribution in [0.4, 0.5) is 0 Å². The highest BCUT2D eigenvalue weighted by atomic mass is 16.4. The van der Waals surface area contributed by atoms with Crippen LogP contribution in [0.5, 0.6) is 0 Å². The first kappa shape index (κ1) is 10.2. The van der Waals surface area contributed by atoms with Gasteiger partial charge in [-0.05, 0) is 18.4 Å². The van der Waals surface area contributed by atoms with E-state index in [0.29, 0.717) is 12.6 Å². The maximum absolute atomic E-state index is 10.7. The molecule has 2 atom stereocenters. The first-order chi connectivity index (χ1) is 7.08. The van der Waals surface area contributed by atoms with Gasteiger partial charge >= 0.3 is 5.97 Å². The molecule has 1 aromatic rings. The van der Waals surface area contributed by atoms with Gasteiger partial charge in [-0.1, -0.05) is 6.92 Å². The largest absolute Gasteiger partial charge is 0.476 e. The van der Waals surface area contributed by atoms with E-state index in [1.165, 1.54) is 6.42 Å². The van der Waals surface area contributed by atoms with Crippen molar-refractivity contribution in [1.29, 1.82) is 0 Å². The van der Waals surface area contributed by atoms with E-state index in [-0.39, 0.29) is 5.69 Å². The summed E-state index contributed by atoms with van der Waals surface area (Å²) in [4.78, 5) is 10.7. The number of aromatic nitrogens is 2. The molecule has 15 heavy (non-hydrogen) atoms. The van der Waals surface area contributed by atoms with Crippen LogP contribution in [0.3, 0.4) is 0 Å². The van der Waals surface area contributed by atoms with Crippen molar-refractivity contribution in [3.8, 4) is 0 Å². The van der Waals surface area contributed by atoms with Crippen LogP contribution in [-0.4, -0.2) is 26.9 Å². The highest BCUT2D eigenvalue weighted by molar-refractivity contribution is 5.85. The molecule has 0 spiro atoms. The van der Waals surface area contributed by atoms with Crippen LogP contribution in [0, 0.1) is 5.92 Å². The molecule has 1 aromatic heterocycles. The van der Waals surface area contributed by atoms with E-state index in [9.17, 15) is 4.79 Å². The lowest BCUT2D eigenvalue weighted by molar-refractivity contribution is 0.0689. The average Bonchev–Trinajstić information content (AvgIpc) is 2.72. The summed E-state index contributed by atoms with van der Waals surface area (Å²) in [5.41, 5.74) is 1.02. The predicted molar refractivity (Wildman–Crippen MR) is 54.6 cm³/mol. The van der Waals surface area contributed by atoms with Gasteiger partial charge in [0.1, 0.15) is 0 Å². The zero-order valence-electron chi connectivity index (χ0n) is 8.90. The minimum absolute atomic E-state index is 0.109. The lowest BCUT2D eigenvalue weighted by Crippen LogP contribution is -2.18. The maximum Gasteiger partial charge on any atom is 0.356 e. The van der Waals surface area contributed by atoms with Crippen molar-refractivity contribution in [1.82, 2.24) is 15.1 Å². The van der Waals surface area contributed by atoms with Crippen molar-refractivity contribution in [2.75, 3.05) is 0 Å². The van der Waals surface area contributed by atoms with E-state index in [0.717, 1.165) is 11.6 Å². The topological polar surface area (TPSA) is 67.2 Å². The summed E-state index contributed by atoms with van der Waals surface area (Å²) in [6.45, 7) is 2.88. The van der Waals surface area contributed by atoms with E-state index in [1.54, 1.807) is 17.8 Å². The van der Waals surface area contributed by atoms with Gasteiger partial charge in [-0.2, -0.15) is 5.10 Å². The van der Waals surface area contributed by atoms with Gasteiger partial charge in [0.2, 0.25) is 0 Å². The monoisotopic (exact) mass is 209 g/mol. The molecule has 0 saturated heterocycles.